The van der Waals surface area contributed by atoms with Gasteiger partial charge in [0.15, 0.2) is 11.5 Å². The van der Waals surface area contributed by atoms with Gasteiger partial charge in [-0.3, -0.25) is 4.98 Å². The van der Waals surface area contributed by atoms with Crippen molar-refractivity contribution in [1.29, 1.82) is 0 Å². The maximum Gasteiger partial charge on any atom is 0.416 e. The third-order valence-electron chi connectivity index (χ3n) is 5.80. The first kappa shape index (κ1) is 24.0. The predicted octanol–water partition coefficient (Wildman–Crippen LogP) is 5.48. The molecule has 3 atom stereocenters. The van der Waals surface area contributed by atoms with E-state index in [1.807, 2.05) is 6.92 Å². The molecule has 34 heavy (non-hydrogen) atoms. The molecule has 1 fully saturated rings. The number of hydrogen-bond acceptors (Lipinski definition) is 7. The summed E-state index contributed by atoms with van der Waals surface area (Å²) in [6.07, 6.45) is -1.56. The van der Waals surface area contributed by atoms with Crippen LogP contribution in [0.3, 0.4) is 0 Å². The minimum absolute atomic E-state index is 0.000674. The summed E-state index contributed by atoms with van der Waals surface area (Å²) in [5.41, 5.74) is 0.114. The van der Waals surface area contributed by atoms with Gasteiger partial charge in [0.2, 0.25) is 0 Å². The molecule has 1 aromatic carbocycles. The van der Waals surface area contributed by atoms with Crippen LogP contribution in [-0.4, -0.2) is 40.9 Å². The third kappa shape index (κ3) is 5.16. The Morgan fingerprint density at radius 2 is 1.94 bits per heavy atom. The maximum absolute atomic E-state index is 13.1. The number of nitrogens with one attached hydrogen (secondary N) is 1. The summed E-state index contributed by atoms with van der Waals surface area (Å²) in [5, 5.41) is 3.84. The van der Waals surface area contributed by atoms with Crippen molar-refractivity contribution in [2.45, 2.75) is 58.0 Å². The van der Waals surface area contributed by atoms with Crippen molar-refractivity contribution in [2.75, 3.05) is 19.0 Å². The average molecular weight is 476 g/mol. The van der Waals surface area contributed by atoms with Crippen LogP contribution in [0.4, 0.5) is 19.0 Å². The van der Waals surface area contributed by atoms with Crippen molar-refractivity contribution in [2.24, 2.45) is 0 Å². The maximum atomic E-state index is 13.1. The van der Waals surface area contributed by atoms with Crippen molar-refractivity contribution >= 4 is 16.7 Å². The molecule has 4 rings (SSSR count). The lowest BCUT2D eigenvalue weighted by molar-refractivity contribution is -0.137. The van der Waals surface area contributed by atoms with E-state index in [4.69, 9.17) is 14.2 Å². The third-order valence-corrected chi connectivity index (χ3v) is 5.80. The monoisotopic (exact) mass is 476 g/mol. The molecular weight excluding hydrogens is 449 g/mol. The molecule has 7 nitrogen and oxygen atoms in total. The Labute approximate surface area is 195 Å². The number of methoxy groups -OCH3 is 1. The van der Waals surface area contributed by atoms with Crippen LogP contribution < -0.4 is 14.8 Å². The van der Waals surface area contributed by atoms with E-state index in [2.05, 4.69) is 20.3 Å². The number of alkyl halides is 3. The van der Waals surface area contributed by atoms with Gasteiger partial charge in [0.05, 0.1) is 36.0 Å². The van der Waals surface area contributed by atoms with Crippen LogP contribution in [0, 0.1) is 6.92 Å². The first-order valence-corrected chi connectivity index (χ1v) is 11.1. The van der Waals surface area contributed by atoms with Crippen LogP contribution in [0.1, 0.15) is 49.8 Å². The molecule has 1 aliphatic heterocycles. The lowest BCUT2D eigenvalue weighted by Crippen LogP contribution is -2.28. The summed E-state index contributed by atoms with van der Waals surface area (Å²) in [6.45, 7) is 6.14. The second kappa shape index (κ2) is 9.61. The zero-order chi connectivity index (χ0) is 24.5. The van der Waals surface area contributed by atoms with E-state index in [9.17, 15) is 13.2 Å². The number of pyridine rings is 1. The summed E-state index contributed by atoms with van der Waals surface area (Å²) in [5.74, 6) is 2.00. The molecule has 1 N–H and O–H groups in total. The first-order valence-electron chi connectivity index (χ1n) is 11.1. The second-order valence-corrected chi connectivity index (χ2v) is 8.35. The van der Waals surface area contributed by atoms with Crippen molar-refractivity contribution < 1.29 is 27.4 Å². The van der Waals surface area contributed by atoms with E-state index in [1.165, 1.54) is 0 Å². The number of aryl methyl sites for hydroxylation is 1. The van der Waals surface area contributed by atoms with Gasteiger partial charge in [-0.15, -0.1) is 0 Å². The highest BCUT2D eigenvalue weighted by Crippen LogP contribution is 2.37. The Morgan fingerprint density at radius 1 is 1.15 bits per heavy atom. The minimum atomic E-state index is -4.45. The van der Waals surface area contributed by atoms with Crippen LogP contribution in [0.2, 0.25) is 0 Å². The molecular formula is C24H27F3N4O3. The summed E-state index contributed by atoms with van der Waals surface area (Å²) >= 11 is 0. The summed E-state index contributed by atoms with van der Waals surface area (Å²) < 4.78 is 56.9. The number of fused-ring (bicyclic) bond motifs is 1. The predicted molar refractivity (Wildman–Crippen MR) is 121 cm³/mol. The number of halogens is 3. The number of aromatic nitrogens is 3. The molecule has 1 unspecified atom stereocenters. The van der Waals surface area contributed by atoms with Crippen molar-refractivity contribution in [3.05, 3.63) is 47.5 Å². The van der Waals surface area contributed by atoms with Crippen LogP contribution in [-0.2, 0) is 10.9 Å². The van der Waals surface area contributed by atoms with Gasteiger partial charge in [-0.05, 0) is 51.8 Å². The van der Waals surface area contributed by atoms with E-state index in [-0.39, 0.29) is 17.9 Å². The zero-order valence-electron chi connectivity index (χ0n) is 19.4. The average Bonchev–Trinajstić information content (AvgIpc) is 3.33. The van der Waals surface area contributed by atoms with Gasteiger partial charge in [0.1, 0.15) is 17.7 Å². The number of rotatable bonds is 7. The zero-order valence-corrected chi connectivity index (χ0v) is 19.4. The minimum Gasteiger partial charge on any atom is -0.493 e. The Kier molecular flexibility index (Phi) is 6.79. The van der Waals surface area contributed by atoms with Crippen LogP contribution in [0.25, 0.3) is 10.9 Å². The van der Waals surface area contributed by atoms with Gasteiger partial charge >= 0.3 is 6.18 Å². The molecule has 3 aromatic rings. The largest absolute Gasteiger partial charge is 0.493 e. The van der Waals surface area contributed by atoms with E-state index in [1.54, 1.807) is 33.1 Å². The highest BCUT2D eigenvalue weighted by Gasteiger charge is 2.31. The van der Waals surface area contributed by atoms with E-state index in [0.717, 1.165) is 37.8 Å². The molecule has 182 valence electrons. The van der Waals surface area contributed by atoms with Gasteiger partial charge in [-0.25, -0.2) is 9.97 Å². The van der Waals surface area contributed by atoms with Gasteiger partial charge in [0, 0.05) is 24.3 Å². The van der Waals surface area contributed by atoms with Gasteiger partial charge in [-0.1, -0.05) is 0 Å². The fourth-order valence-corrected chi connectivity index (χ4v) is 4.00. The Bertz CT molecular complexity index is 1170. The van der Waals surface area contributed by atoms with Gasteiger partial charge in [-0.2, -0.15) is 13.2 Å². The van der Waals surface area contributed by atoms with Crippen molar-refractivity contribution in [3.63, 3.8) is 0 Å². The van der Waals surface area contributed by atoms with E-state index < -0.39 is 17.8 Å². The Balaban J connectivity index is 1.68. The second-order valence-electron chi connectivity index (χ2n) is 8.35. The molecule has 0 spiro atoms. The summed E-state index contributed by atoms with van der Waals surface area (Å²) in [7, 11) is 1.55. The molecule has 2 aromatic heterocycles. The van der Waals surface area contributed by atoms with Crippen LogP contribution in [0.5, 0.6) is 11.5 Å². The molecule has 0 saturated carbocycles. The smallest absolute Gasteiger partial charge is 0.416 e. The van der Waals surface area contributed by atoms with Gasteiger partial charge < -0.3 is 19.5 Å². The van der Waals surface area contributed by atoms with Crippen LogP contribution in [0.15, 0.2) is 30.5 Å². The molecule has 0 aliphatic carbocycles. The number of hydrogen-bond donors (Lipinski definition) is 1. The highest BCUT2D eigenvalue weighted by atomic mass is 19.4. The molecule has 0 amide bonds. The fraction of sp³-hybridized carbons (Fsp3) is 0.458. The molecule has 0 radical (unpaired) electrons. The standard InChI is InChI=1S/C24H27F3N4O3/c1-13(18-10-16(7-8-28-18)24(25,26)27)29-23-17-11-22(34-14(2)20-6-5-9-33-20)21(32-4)12-19(17)30-15(3)31-23/h7-8,10-14,20H,5-6,9H2,1-4H3,(H,29,30,31)/t13-,14?,20+/m1/s1. The van der Waals surface area contributed by atoms with E-state index in [0.29, 0.717) is 34.0 Å². The number of benzene rings is 1. The normalized spacial score (nSPS) is 18.0. The number of ether oxygens (including phenoxy) is 3. The van der Waals surface area contributed by atoms with Crippen molar-refractivity contribution in [1.82, 2.24) is 15.0 Å². The molecule has 10 heteroatoms. The SMILES string of the molecule is COc1cc2nc(C)nc(N[C@H](C)c3cc(C(F)(F)F)ccn3)c2cc1OC(C)[C@@H]1CCCO1. The molecule has 1 saturated heterocycles. The molecule has 1 aliphatic rings. The fourth-order valence-electron chi connectivity index (χ4n) is 4.00. The topological polar surface area (TPSA) is 78.4 Å². The summed E-state index contributed by atoms with van der Waals surface area (Å²) in [6, 6.07) is 4.99. The lowest BCUT2D eigenvalue weighted by Gasteiger charge is -2.22. The van der Waals surface area contributed by atoms with Gasteiger partial charge in [0.25, 0.3) is 0 Å². The first-order chi connectivity index (χ1) is 16.2. The Morgan fingerprint density at radius 3 is 2.62 bits per heavy atom. The lowest BCUT2D eigenvalue weighted by atomic mass is 10.1. The van der Waals surface area contributed by atoms with Crippen molar-refractivity contribution in [3.8, 4) is 11.5 Å². The number of nitrogens with zero attached hydrogens (tertiary/aromatic N) is 3. The Hall–Kier alpha value is -3.14. The highest BCUT2D eigenvalue weighted by molar-refractivity contribution is 5.92. The van der Waals surface area contributed by atoms with E-state index >= 15 is 0 Å². The quantitative estimate of drug-likeness (QED) is 0.484. The van der Waals surface area contributed by atoms with Crippen LogP contribution >= 0.6 is 0 Å². The number of anilines is 1. The molecule has 3 heterocycles. The molecule has 0 bridgehead atoms. The summed E-state index contributed by atoms with van der Waals surface area (Å²) in [4.78, 5) is 13.1.